The van der Waals surface area contributed by atoms with E-state index in [1.807, 2.05) is 0 Å². The molecule has 0 spiro atoms. The summed E-state index contributed by atoms with van der Waals surface area (Å²) in [6.45, 7) is 2.82. The van der Waals surface area contributed by atoms with Crippen molar-refractivity contribution in [3.63, 3.8) is 0 Å². The highest BCUT2D eigenvalue weighted by Crippen LogP contribution is 2.31. The van der Waals surface area contributed by atoms with Crippen molar-refractivity contribution in [2.24, 2.45) is 20.7 Å². The fraction of sp³-hybridized carbons (Fsp3) is 0.235. The van der Waals surface area contributed by atoms with Gasteiger partial charge in [-0.2, -0.15) is 0 Å². The van der Waals surface area contributed by atoms with E-state index in [0.29, 0.717) is 0 Å². The molecule has 2 atom stereocenters. The number of hydrogen-bond acceptors (Lipinski definition) is 4. The Kier molecular flexibility index (Phi) is 6.14. The summed E-state index contributed by atoms with van der Waals surface area (Å²) in [7, 11) is 0. The SMILES string of the molecule is C/C(F)=C(C)/C=N\C(=CC1N=CN=C1N)C(Cl)c1cc(F)cc(F)c1. The maximum absolute atomic E-state index is 13.5. The minimum Gasteiger partial charge on any atom is -0.385 e. The Bertz CT molecular complexity index is 788. The summed E-state index contributed by atoms with van der Waals surface area (Å²) in [5, 5.41) is -0.988. The average molecular weight is 369 g/mol. The average Bonchev–Trinajstić information content (AvgIpc) is 2.94. The zero-order valence-corrected chi connectivity index (χ0v) is 14.3. The van der Waals surface area contributed by atoms with Gasteiger partial charge >= 0.3 is 0 Å². The van der Waals surface area contributed by atoms with Crippen LogP contribution in [0.2, 0.25) is 0 Å². The number of aliphatic imine (C=N–C) groups is 3. The molecule has 0 saturated carbocycles. The maximum Gasteiger partial charge on any atom is 0.130 e. The molecule has 1 aliphatic heterocycles. The van der Waals surface area contributed by atoms with Crippen LogP contribution in [0.25, 0.3) is 0 Å². The molecule has 2 unspecified atom stereocenters. The van der Waals surface area contributed by atoms with Crippen LogP contribution in [0.1, 0.15) is 24.8 Å². The molecule has 1 aromatic carbocycles. The van der Waals surface area contributed by atoms with Gasteiger partial charge in [-0.1, -0.05) is 0 Å². The van der Waals surface area contributed by atoms with E-state index in [2.05, 4.69) is 15.0 Å². The van der Waals surface area contributed by atoms with Gasteiger partial charge in [0.25, 0.3) is 0 Å². The van der Waals surface area contributed by atoms with Gasteiger partial charge in [-0.3, -0.25) is 9.98 Å². The fourth-order valence-electron chi connectivity index (χ4n) is 1.96. The second-order valence-electron chi connectivity index (χ2n) is 5.39. The number of rotatable bonds is 5. The third-order valence-corrected chi connectivity index (χ3v) is 3.93. The molecule has 0 saturated heterocycles. The van der Waals surface area contributed by atoms with E-state index in [-0.39, 0.29) is 22.7 Å². The Labute approximate surface area is 148 Å². The number of nitrogens with zero attached hydrogens (tertiary/aromatic N) is 3. The Morgan fingerprint density at radius 3 is 2.44 bits per heavy atom. The third kappa shape index (κ3) is 5.03. The molecule has 132 valence electrons. The van der Waals surface area contributed by atoms with Crippen LogP contribution in [0, 0.1) is 11.6 Å². The third-order valence-electron chi connectivity index (χ3n) is 3.45. The Morgan fingerprint density at radius 2 is 1.92 bits per heavy atom. The maximum atomic E-state index is 13.5. The van der Waals surface area contributed by atoms with Crippen molar-refractivity contribution >= 4 is 30.0 Å². The molecule has 0 bridgehead atoms. The second-order valence-corrected chi connectivity index (χ2v) is 5.83. The number of halogens is 4. The first-order valence-corrected chi connectivity index (χ1v) is 7.75. The molecule has 2 rings (SSSR count). The van der Waals surface area contributed by atoms with Gasteiger partial charge in [-0.05, 0) is 43.2 Å². The molecule has 0 aliphatic carbocycles. The van der Waals surface area contributed by atoms with Crippen LogP contribution >= 0.6 is 11.6 Å². The second kappa shape index (κ2) is 8.11. The van der Waals surface area contributed by atoms with Crippen molar-refractivity contribution in [1.29, 1.82) is 0 Å². The lowest BCUT2D eigenvalue weighted by atomic mass is 10.1. The molecule has 8 heteroatoms. The van der Waals surface area contributed by atoms with Gasteiger partial charge in [0, 0.05) is 12.3 Å². The molecule has 1 aromatic rings. The lowest BCUT2D eigenvalue weighted by molar-refractivity contribution is 0.580. The van der Waals surface area contributed by atoms with E-state index in [1.165, 1.54) is 32.5 Å². The molecule has 0 amide bonds. The van der Waals surface area contributed by atoms with Crippen LogP contribution in [-0.4, -0.2) is 24.4 Å². The lowest BCUT2D eigenvalue weighted by Gasteiger charge is -2.13. The van der Waals surface area contributed by atoms with Crippen molar-refractivity contribution in [3.05, 3.63) is 58.6 Å². The van der Waals surface area contributed by atoms with E-state index < -0.39 is 28.9 Å². The molecule has 25 heavy (non-hydrogen) atoms. The number of amidine groups is 1. The van der Waals surface area contributed by atoms with Crippen LogP contribution in [0.3, 0.4) is 0 Å². The number of alkyl halides is 1. The molecule has 0 fully saturated rings. The molecular weight excluding hydrogens is 353 g/mol. The minimum atomic E-state index is -0.988. The van der Waals surface area contributed by atoms with Crippen LogP contribution in [-0.2, 0) is 0 Å². The fourth-order valence-corrected chi connectivity index (χ4v) is 2.22. The summed E-state index contributed by atoms with van der Waals surface area (Å²) in [4.78, 5) is 12.0. The molecular formula is C17H16ClF3N4. The number of nitrogens with two attached hydrogens (primary N) is 1. The Morgan fingerprint density at radius 1 is 1.28 bits per heavy atom. The van der Waals surface area contributed by atoms with Crippen molar-refractivity contribution < 1.29 is 13.2 Å². The predicted octanol–water partition coefficient (Wildman–Crippen LogP) is 4.23. The van der Waals surface area contributed by atoms with Crippen LogP contribution in [0.15, 0.2) is 56.3 Å². The van der Waals surface area contributed by atoms with E-state index in [1.54, 1.807) is 0 Å². The zero-order chi connectivity index (χ0) is 18.6. The van der Waals surface area contributed by atoms with E-state index >= 15 is 0 Å². The highest BCUT2D eigenvalue weighted by Gasteiger charge is 2.20. The summed E-state index contributed by atoms with van der Waals surface area (Å²) in [6, 6.07) is 2.35. The number of allylic oxidation sites excluding steroid dienone is 3. The molecule has 1 heterocycles. The monoisotopic (exact) mass is 368 g/mol. The van der Waals surface area contributed by atoms with Gasteiger partial charge in [-0.15, -0.1) is 11.6 Å². The molecule has 0 radical (unpaired) electrons. The van der Waals surface area contributed by atoms with Gasteiger partial charge in [0.05, 0.1) is 5.70 Å². The zero-order valence-electron chi connectivity index (χ0n) is 13.5. The summed E-state index contributed by atoms with van der Waals surface area (Å²) in [5.41, 5.74) is 6.39. The van der Waals surface area contributed by atoms with Crippen LogP contribution in [0.4, 0.5) is 13.2 Å². The topological polar surface area (TPSA) is 63.1 Å². The largest absolute Gasteiger partial charge is 0.385 e. The normalized spacial score (nSPS) is 20.0. The molecule has 0 aromatic heterocycles. The van der Waals surface area contributed by atoms with Gasteiger partial charge in [0.1, 0.15) is 41.1 Å². The van der Waals surface area contributed by atoms with Crippen LogP contribution < -0.4 is 5.73 Å². The number of hydrogen-bond donors (Lipinski definition) is 1. The predicted molar refractivity (Wildman–Crippen MR) is 94.9 cm³/mol. The van der Waals surface area contributed by atoms with E-state index in [4.69, 9.17) is 17.3 Å². The summed E-state index contributed by atoms with van der Waals surface area (Å²) < 4.78 is 40.1. The number of benzene rings is 1. The summed E-state index contributed by atoms with van der Waals surface area (Å²) >= 11 is 6.35. The highest BCUT2D eigenvalue weighted by molar-refractivity contribution is 6.22. The minimum absolute atomic E-state index is 0.165. The molecule has 4 nitrogen and oxygen atoms in total. The Balaban J connectivity index is 2.43. The van der Waals surface area contributed by atoms with Crippen molar-refractivity contribution in [2.75, 3.05) is 0 Å². The first-order chi connectivity index (χ1) is 11.8. The molecule has 1 aliphatic rings. The first-order valence-electron chi connectivity index (χ1n) is 7.31. The summed E-state index contributed by atoms with van der Waals surface area (Å²) in [6.07, 6.45) is 4.08. The van der Waals surface area contributed by atoms with Crippen molar-refractivity contribution in [3.8, 4) is 0 Å². The highest BCUT2D eigenvalue weighted by atomic mass is 35.5. The van der Waals surface area contributed by atoms with Gasteiger partial charge in [0.2, 0.25) is 0 Å². The quantitative estimate of drug-likeness (QED) is 0.613. The Hall–Kier alpha value is -2.41. The van der Waals surface area contributed by atoms with E-state index in [0.717, 1.165) is 18.2 Å². The van der Waals surface area contributed by atoms with Gasteiger partial charge in [-0.25, -0.2) is 18.2 Å². The van der Waals surface area contributed by atoms with Crippen molar-refractivity contribution in [2.45, 2.75) is 25.3 Å². The smallest absolute Gasteiger partial charge is 0.130 e. The summed E-state index contributed by atoms with van der Waals surface area (Å²) in [5.74, 6) is -1.71. The standard InChI is InChI=1S/C17H16ClF3N4/c1-9(10(2)19)7-23-14(6-15-17(22)25-8-24-15)16(18)11-3-12(20)5-13(21)4-11/h3-8,15-16H,1-2H3,(H2,22,24,25)/b10-9-,14-6?,23-7-. The van der Waals surface area contributed by atoms with Gasteiger partial charge in [0.15, 0.2) is 0 Å². The van der Waals surface area contributed by atoms with E-state index in [9.17, 15) is 13.2 Å². The van der Waals surface area contributed by atoms with Gasteiger partial charge < -0.3 is 5.73 Å². The van der Waals surface area contributed by atoms with Crippen LogP contribution in [0.5, 0.6) is 0 Å². The lowest BCUT2D eigenvalue weighted by Crippen LogP contribution is -2.23. The molecule has 2 N–H and O–H groups in total. The van der Waals surface area contributed by atoms with Crippen molar-refractivity contribution in [1.82, 2.24) is 0 Å². The first kappa shape index (κ1) is 18.9.